The molecule has 0 unspecified atom stereocenters. The number of hydrogen-bond acceptors (Lipinski definition) is 4. The Morgan fingerprint density at radius 1 is 1.13 bits per heavy atom. The largest absolute Gasteiger partial charge is 0.370 e. The summed E-state index contributed by atoms with van der Waals surface area (Å²) in [5, 5.41) is 2.81. The van der Waals surface area contributed by atoms with Crippen molar-refractivity contribution in [2.75, 3.05) is 17.3 Å². The SMILES string of the molecule is CC(C)C(=O)N(C)c1ccc2c(c1)nc(NC(=O)c1ccccc1)n2CCC(N)=O. The molecule has 3 amide bonds. The summed E-state index contributed by atoms with van der Waals surface area (Å²) < 4.78 is 1.75. The lowest BCUT2D eigenvalue weighted by molar-refractivity contribution is -0.121. The molecule has 0 aliphatic carbocycles. The van der Waals surface area contributed by atoms with Gasteiger partial charge >= 0.3 is 0 Å². The number of carbonyl (C=O) groups is 3. The second-order valence-corrected chi connectivity index (χ2v) is 7.35. The minimum Gasteiger partial charge on any atom is -0.370 e. The zero-order chi connectivity index (χ0) is 21.8. The summed E-state index contributed by atoms with van der Waals surface area (Å²) in [6.07, 6.45) is 0.104. The molecule has 8 nitrogen and oxygen atoms in total. The molecular formula is C22H25N5O3. The molecule has 0 radical (unpaired) electrons. The van der Waals surface area contributed by atoms with Crippen LogP contribution in [0, 0.1) is 5.92 Å². The summed E-state index contributed by atoms with van der Waals surface area (Å²) in [6, 6.07) is 14.2. The highest BCUT2D eigenvalue weighted by Crippen LogP contribution is 2.26. The Labute approximate surface area is 174 Å². The molecule has 0 saturated heterocycles. The Morgan fingerprint density at radius 2 is 1.83 bits per heavy atom. The number of hydrogen-bond donors (Lipinski definition) is 2. The molecule has 0 atom stereocenters. The Kier molecular flexibility index (Phi) is 6.15. The van der Waals surface area contributed by atoms with Gasteiger partial charge in [-0.05, 0) is 30.3 Å². The number of imidazole rings is 1. The van der Waals surface area contributed by atoms with Crippen molar-refractivity contribution in [1.82, 2.24) is 9.55 Å². The molecule has 0 bridgehead atoms. The van der Waals surface area contributed by atoms with E-state index in [0.29, 0.717) is 22.7 Å². The van der Waals surface area contributed by atoms with Gasteiger partial charge < -0.3 is 15.2 Å². The number of fused-ring (bicyclic) bond motifs is 1. The molecule has 2 aromatic carbocycles. The lowest BCUT2D eigenvalue weighted by Gasteiger charge is -2.19. The monoisotopic (exact) mass is 407 g/mol. The fraction of sp³-hybridized carbons (Fsp3) is 0.273. The number of primary amides is 1. The highest BCUT2D eigenvalue weighted by Gasteiger charge is 2.18. The lowest BCUT2D eigenvalue weighted by atomic mass is 10.1. The maximum Gasteiger partial charge on any atom is 0.257 e. The number of aromatic nitrogens is 2. The van der Waals surface area contributed by atoms with Gasteiger partial charge in [-0.25, -0.2) is 4.98 Å². The topological polar surface area (TPSA) is 110 Å². The van der Waals surface area contributed by atoms with Gasteiger partial charge in [0, 0.05) is 37.2 Å². The van der Waals surface area contributed by atoms with Crippen LogP contribution in [0.3, 0.4) is 0 Å². The highest BCUT2D eigenvalue weighted by atomic mass is 16.2. The predicted molar refractivity (Wildman–Crippen MR) is 116 cm³/mol. The zero-order valence-corrected chi connectivity index (χ0v) is 17.3. The van der Waals surface area contributed by atoms with Crippen molar-refractivity contribution in [2.24, 2.45) is 11.7 Å². The number of anilines is 2. The molecule has 156 valence electrons. The molecule has 8 heteroatoms. The van der Waals surface area contributed by atoms with Crippen molar-refractivity contribution >= 4 is 40.4 Å². The van der Waals surface area contributed by atoms with Crippen molar-refractivity contribution in [3.05, 3.63) is 54.1 Å². The molecule has 3 aromatic rings. The van der Waals surface area contributed by atoms with Crippen LogP contribution in [-0.2, 0) is 16.1 Å². The van der Waals surface area contributed by atoms with Crippen molar-refractivity contribution in [1.29, 1.82) is 0 Å². The Morgan fingerprint density at radius 3 is 2.47 bits per heavy atom. The van der Waals surface area contributed by atoms with Gasteiger partial charge in [-0.2, -0.15) is 0 Å². The Bertz CT molecular complexity index is 1090. The smallest absolute Gasteiger partial charge is 0.257 e. The van der Waals surface area contributed by atoms with Crippen LogP contribution in [0.15, 0.2) is 48.5 Å². The van der Waals surface area contributed by atoms with Gasteiger partial charge in [0.25, 0.3) is 5.91 Å². The summed E-state index contributed by atoms with van der Waals surface area (Å²) in [4.78, 5) is 42.4. The molecule has 3 rings (SSSR count). The fourth-order valence-electron chi connectivity index (χ4n) is 3.15. The van der Waals surface area contributed by atoms with Crippen LogP contribution < -0.4 is 16.0 Å². The number of benzene rings is 2. The second-order valence-electron chi connectivity index (χ2n) is 7.35. The van der Waals surface area contributed by atoms with Gasteiger partial charge in [-0.15, -0.1) is 0 Å². The predicted octanol–water partition coefficient (Wildman–Crippen LogP) is 2.78. The lowest BCUT2D eigenvalue weighted by Crippen LogP contribution is -2.30. The first-order chi connectivity index (χ1) is 14.3. The van der Waals surface area contributed by atoms with E-state index in [-0.39, 0.29) is 30.7 Å². The summed E-state index contributed by atoms with van der Waals surface area (Å²) in [5.74, 6) is -0.593. The van der Waals surface area contributed by atoms with Gasteiger partial charge in [-0.3, -0.25) is 19.7 Å². The second kappa shape index (κ2) is 8.77. The van der Waals surface area contributed by atoms with E-state index in [1.807, 2.05) is 32.0 Å². The van der Waals surface area contributed by atoms with Crippen LogP contribution in [0.5, 0.6) is 0 Å². The molecular weight excluding hydrogens is 382 g/mol. The van der Waals surface area contributed by atoms with E-state index in [1.165, 1.54) is 0 Å². The van der Waals surface area contributed by atoms with Crippen LogP contribution in [0.1, 0.15) is 30.6 Å². The molecule has 0 fully saturated rings. The van der Waals surface area contributed by atoms with Gasteiger partial charge in [0.2, 0.25) is 17.8 Å². The number of nitrogens with zero attached hydrogens (tertiary/aromatic N) is 3. The molecule has 0 aliphatic heterocycles. The zero-order valence-electron chi connectivity index (χ0n) is 17.3. The van der Waals surface area contributed by atoms with Gasteiger partial charge in [0.15, 0.2) is 0 Å². The fourth-order valence-corrected chi connectivity index (χ4v) is 3.15. The molecule has 30 heavy (non-hydrogen) atoms. The third kappa shape index (κ3) is 4.48. The van der Waals surface area contributed by atoms with E-state index in [0.717, 1.165) is 5.52 Å². The Balaban J connectivity index is 1.99. The maximum absolute atomic E-state index is 12.6. The van der Waals surface area contributed by atoms with E-state index in [9.17, 15) is 14.4 Å². The third-order valence-corrected chi connectivity index (χ3v) is 4.79. The number of aryl methyl sites for hydroxylation is 1. The average molecular weight is 407 g/mol. The maximum atomic E-state index is 12.6. The summed E-state index contributed by atoms with van der Waals surface area (Å²) in [7, 11) is 1.71. The summed E-state index contributed by atoms with van der Waals surface area (Å²) in [5.41, 5.74) is 7.84. The molecule has 0 aliphatic rings. The summed E-state index contributed by atoms with van der Waals surface area (Å²) >= 11 is 0. The first-order valence-corrected chi connectivity index (χ1v) is 9.70. The van der Waals surface area contributed by atoms with E-state index < -0.39 is 5.91 Å². The van der Waals surface area contributed by atoms with Crippen LogP contribution >= 0.6 is 0 Å². The molecule has 0 spiro atoms. The van der Waals surface area contributed by atoms with Crippen LogP contribution in [0.2, 0.25) is 0 Å². The first kappa shape index (κ1) is 21.0. The van der Waals surface area contributed by atoms with E-state index in [4.69, 9.17) is 5.73 Å². The molecule has 1 aromatic heterocycles. The first-order valence-electron chi connectivity index (χ1n) is 9.70. The van der Waals surface area contributed by atoms with Crippen molar-refractivity contribution in [3.63, 3.8) is 0 Å². The molecule has 0 saturated carbocycles. The number of nitrogens with two attached hydrogens (primary N) is 1. The quantitative estimate of drug-likeness (QED) is 0.627. The third-order valence-electron chi connectivity index (χ3n) is 4.79. The van der Waals surface area contributed by atoms with Crippen LogP contribution in [-0.4, -0.2) is 34.3 Å². The van der Waals surface area contributed by atoms with Crippen molar-refractivity contribution in [2.45, 2.75) is 26.8 Å². The van der Waals surface area contributed by atoms with Gasteiger partial charge in [0.05, 0.1) is 11.0 Å². The van der Waals surface area contributed by atoms with E-state index >= 15 is 0 Å². The molecule has 1 heterocycles. The molecule has 3 N–H and O–H groups in total. The standard InChI is InChI=1S/C22H25N5O3/c1-14(2)21(30)26(3)16-9-10-18-17(13-16)24-22(27(18)12-11-19(23)28)25-20(29)15-7-5-4-6-8-15/h4-10,13-14H,11-12H2,1-3H3,(H2,23,28)(H,24,25,29). The van der Waals surface area contributed by atoms with E-state index in [2.05, 4.69) is 10.3 Å². The van der Waals surface area contributed by atoms with E-state index in [1.54, 1.807) is 46.8 Å². The van der Waals surface area contributed by atoms with Crippen molar-refractivity contribution < 1.29 is 14.4 Å². The number of nitrogens with one attached hydrogen (secondary N) is 1. The van der Waals surface area contributed by atoms with Crippen LogP contribution in [0.25, 0.3) is 11.0 Å². The minimum absolute atomic E-state index is 0.0138. The van der Waals surface area contributed by atoms with Crippen molar-refractivity contribution in [3.8, 4) is 0 Å². The van der Waals surface area contributed by atoms with Gasteiger partial charge in [-0.1, -0.05) is 32.0 Å². The number of carbonyl (C=O) groups excluding carboxylic acids is 3. The Hall–Kier alpha value is -3.68. The number of amides is 3. The normalized spacial score (nSPS) is 10.9. The average Bonchev–Trinajstić information content (AvgIpc) is 3.07. The number of rotatable bonds is 7. The summed E-state index contributed by atoms with van der Waals surface area (Å²) in [6.45, 7) is 3.95. The van der Waals surface area contributed by atoms with Gasteiger partial charge in [0.1, 0.15) is 0 Å². The highest BCUT2D eigenvalue weighted by molar-refractivity contribution is 6.04. The van der Waals surface area contributed by atoms with Crippen LogP contribution in [0.4, 0.5) is 11.6 Å². The minimum atomic E-state index is -0.448.